The number of para-hydroxylation sites is 1. The maximum absolute atomic E-state index is 12.1. The van der Waals surface area contributed by atoms with Crippen LogP contribution >= 0.6 is 0 Å². The Labute approximate surface area is 145 Å². The highest BCUT2D eigenvalue weighted by atomic mass is 16.5. The van der Waals surface area contributed by atoms with Gasteiger partial charge in [0.25, 0.3) is 5.91 Å². The van der Waals surface area contributed by atoms with Gasteiger partial charge in [0.15, 0.2) is 0 Å². The third-order valence-corrected chi connectivity index (χ3v) is 2.89. The molecule has 5 heteroatoms. The Kier molecular flexibility index (Phi) is 11.6. The van der Waals surface area contributed by atoms with Gasteiger partial charge in [0.1, 0.15) is 0 Å². The zero-order valence-electron chi connectivity index (χ0n) is 15.0. The fourth-order valence-electron chi connectivity index (χ4n) is 1.92. The molecular weight excluding hydrogens is 304 g/mol. The van der Waals surface area contributed by atoms with Gasteiger partial charge in [0, 0.05) is 24.0 Å². The number of hydrogen-bond donors (Lipinski definition) is 1. The first kappa shape index (κ1) is 21.4. The second kappa shape index (κ2) is 12.9. The molecule has 0 fully saturated rings. The van der Waals surface area contributed by atoms with Crippen molar-refractivity contribution in [2.75, 3.05) is 19.0 Å². The van der Waals surface area contributed by atoms with Crippen molar-refractivity contribution >= 4 is 17.7 Å². The third kappa shape index (κ3) is 7.63. The highest BCUT2D eigenvalue weighted by molar-refractivity contribution is 6.04. The van der Waals surface area contributed by atoms with Gasteiger partial charge >= 0.3 is 6.09 Å². The van der Waals surface area contributed by atoms with Gasteiger partial charge in [-0.3, -0.25) is 9.69 Å². The van der Waals surface area contributed by atoms with Gasteiger partial charge < -0.3 is 10.1 Å². The van der Waals surface area contributed by atoms with Gasteiger partial charge in [-0.05, 0) is 31.9 Å². The molecule has 0 spiro atoms. The molecule has 5 nitrogen and oxygen atoms in total. The van der Waals surface area contributed by atoms with Crippen LogP contribution in [0.4, 0.5) is 10.5 Å². The number of rotatable bonds is 2. The van der Waals surface area contributed by atoms with Crippen molar-refractivity contribution in [1.82, 2.24) is 4.90 Å². The van der Waals surface area contributed by atoms with Crippen LogP contribution in [-0.4, -0.2) is 30.6 Å². The Hall–Kier alpha value is -2.56. The molecule has 1 aromatic rings. The van der Waals surface area contributed by atoms with E-state index in [1.54, 1.807) is 12.3 Å². The number of amides is 2. The van der Waals surface area contributed by atoms with Gasteiger partial charge in [-0.2, -0.15) is 0 Å². The van der Waals surface area contributed by atoms with Crippen LogP contribution in [0.5, 0.6) is 0 Å². The first-order valence-electron chi connectivity index (χ1n) is 8.11. The largest absolute Gasteiger partial charge is 0.452 e. The first-order chi connectivity index (χ1) is 11.6. The van der Waals surface area contributed by atoms with Crippen molar-refractivity contribution in [1.29, 1.82) is 0 Å². The summed E-state index contributed by atoms with van der Waals surface area (Å²) >= 11 is 0. The average Bonchev–Trinajstić information content (AvgIpc) is 2.64. The van der Waals surface area contributed by atoms with Crippen LogP contribution in [-0.2, 0) is 9.53 Å². The lowest BCUT2D eigenvalue weighted by molar-refractivity contribution is -0.113. The summed E-state index contributed by atoms with van der Waals surface area (Å²) in [5.41, 5.74) is 1.32. The Morgan fingerprint density at radius 2 is 1.83 bits per heavy atom. The molecule has 0 atom stereocenters. The lowest BCUT2D eigenvalue weighted by Crippen LogP contribution is -2.31. The monoisotopic (exact) mass is 332 g/mol. The Morgan fingerprint density at radius 3 is 2.38 bits per heavy atom. The molecule has 24 heavy (non-hydrogen) atoms. The lowest BCUT2D eigenvalue weighted by Gasteiger charge is -2.23. The fourth-order valence-corrected chi connectivity index (χ4v) is 1.92. The molecule has 0 saturated heterocycles. The molecule has 0 aromatic heterocycles. The minimum Gasteiger partial charge on any atom is -0.452 e. The van der Waals surface area contributed by atoms with E-state index in [4.69, 9.17) is 0 Å². The van der Waals surface area contributed by atoms with Crippen molar-refractivity contribution in [3.8, 4) is 0 Å². The predicted molar refractivity (Wildman–Crippen MR) is 98.7 cm³/mol. The molecule has 1 N–H and O–H groups in total. The molecule has 0 bridgehead atoms. The van der Waals surface area contributed by atoms with E-state index < -0.39 is 6.09 Å². The zero-order chi connectivity index (χ0) is 18.4. The third-order valence-electron chi connectivity index (χ3n) is 2.89. The standard InChI is InChI=1S/C14H16N2O3.C3H6.C2H6/c1-19-14(18)16-9-5-6-11(10-16)13(17)15-12-7-3-2-4-8-12;1-3-2;1-2/h2-4,7-8,10H,5-6,9H2,1H3,(H,15,17);3H,1H2,2H3;1-2H3. The number of ether oxygens (including phenoxy) is 1. The maximum Gasteiger partial charge on any atom is 0.413 e. The Bertz CT molecular complexity index is 539. The number of carbonyl (C=O) groups excluding carboxylic acids is 2. The topological polar surface area (TPSA) is 58.6 Å². The van der Waals surface area contributed by atoms with Crippen molar-refractivity contribution in [3.63, 3.8) is 0 Å². The average molecular weight is 332 g/mol. The normalized spacial score (nSPS) is 12.3. The van der Waals surface area contributed by atoms with Crippen LogP contribution in [0.15, 0.2) is 54.8 Å². The van der Waals surface area contributed by atoms with Crippen LogP contribution < -0.4 is 5.32 Å². The number of benzene rings is 1. The van der Waals surface area contributed by atoms with Crippen LogP contribution in [0.3, 0.4) is 0 Å². The van der Waals surface area contributed by atoms with Crippen molar-refractivity contribution in [2.45, 2.75) is 33.6 Å². The lowest BCUT2D eigenvalue weighted by atomic mass is 10.1. The molecule has 2 rings (SSSR count). The summed E-state index contributed by atoms with van der Waals surface area (Å²) < 4.78 is 4.65. The molecule has 132 valence electrons. The summed E-state index contributed by atoms with van der Waals surface area (Å²) in [7, 11) is 1.33. The van der Waals surface area contributed by atoms with Crippen molar-refractivity contribution in [3.05, 3.63) is 54.8 Å². The molecule has 1 aliphatic heterocycles. The number of nitrogens with zero attached hydrogens (tertiary/aromatic N) is 1. The number of methoxy groups -OCH3 is 1. The van der Waals surface area contributed by atoms with E-state index in [1.807, 2.05) is 51.1 Å². The number of anilines is 1. The van der Waals surface area contributed by atoms with E-state index in [2.05, 4.69) is 16.6 Å². The number of nitrogens with one attached hydrogen (secondary N) is 1. The van der Waals surface area contributed by atoms with Crippen molar-refractivity contribution in [2.24, 2.45) is 0 Å². The van der Waals surface area contributed by atoms with E-state index in [1.165, 1.54) is 12.0 Å². The molecule has 0 unspecified atom stereocenters. The van der Waals surface area contributed by atoms with Crippen molar-refractivity contribution < 1.29 is 14.3 Å². The van der Waals surface area contributed by atoms with Gasteiger partial charge in [-0.15, -0.1) is 6.58 Å². The molecule has 2 amide bonds. The Balaban J connectivity index is 0.000000952. The van der Waals surface area contributed by atoms with Crippen LogP contribution in [0.25, 0.3) is 0 Å². The van der Waals surface area contributed by atoms with Crippen LogP contribution in [0.2, 0.25) is 0 Å². The summed E-state index contributed by atoms with van der Waals surface area (Å²) in [6.07, 6.45) is 4.29. The van der Waals surface area contributed by atoms with E-state index in [0.29, 0.717) is 18.5 Å². The molecule has 1 aromatic carbocycles. The summed E-state index contributed by atoms with van der Waals surface area (Å²) in [5.74, 6) is -0.181. The van der Waals surface area contributed by atoms with Gasteiger partial charge in [-0.1, -0.05) is 38.1 Å². The highest BCUT2D eigenvalue weighted by Crippen LogP contribution is 2.17. The van der Waals surface area contributed by atoms with E-state index in [9.17, 15) is 9.59 Å². The summed E-state index contributed by atoms with van der Waals surface area (Å²) in [6.45, 7) is 9.83. The number of hydrogen-bond acceptors (Lipinski definition) is 3. The van der Waals surface area contributed by atoms with Gasteiger partial charge in [0.2, 0.25) is 0 Å². The van der Waals surface area contributed by atoms with Gasteiger partial charge in [0.05, 0.1) is 7.11 Å². The number of carbonyl (C=O) groups is 2. The molecule has 0 aliphatic carbocycles. The highest BCUT2D eigenvalue weighted by Gasteiger charge is 2.20. The predicted octanol–water partition coefficient (Wildman–Crippen LogP) is 4.59. The molecule has 1 heterocycles. The van der Waals surface area contributed by atoms with Crippen LogP contribution in [0, 0.1) is 0 Å². The quantitative estimate of drug-likeness (QED) is 0.806. The summed E-state index contributed by atoms with van der Waals surface area (Å²) in [6, 6.07) is 9.23. The van der Waals surface area contributed by atoms with Crippen LogP contribution in [0.1, 0.15) is 33.6 Å². The minimum atomic E-state index is -0.440. The summed E-state index contributed by atoms with van der Waals surface area (Å²) in [5, 5.41) is 2.80. The van der Waals surface area contributed by atoms with E-state index in [0.717, 1.165) is 12.1 Å². The smallest absolute Gasteiger partial charge is 0.413 e. The minimum absolute atomic E-state index is 0.181. The molecule has 0 radical (unpaired) electrons. The maximum atomic E-state index is 12.1. The SMILES string of the molecule is C=CC.CC.COC(=O)N1C=C(C(=O)Nc2ccccc2)CCC1. The molecular formula is C19H28N2O3. The van der Waals surface area contributed by atoms with E-state index >= 15 is 0 Å². The van der Waals surface area contributed by atoms with Gasteiger partial charge in [-0.25, -0.2) is 4.79 Å². The second-order valence-electron chi connectivity index (χ2n) is 4.65. The molecule has 1 aliphatic rings. The summed E-state index contributed by atoms with van der Waals surface area (Å²) in [4.78, 5) is 24.9. The van der Waals surface area contributed by atoms with E-state index in [-0.39, 0.29) is 5.91 Å². The number of allylic oxidation sites excluding steroid dienone is 1. The molecule has 0 saturated carbocycles. The zero-order valence-corrected chi connectivity index (χ0v) is 15.0. The Morgan fingerprint density at radius 1 is 1.25 bits per heavy atom. The fraction of sp³-hybridized carbons (Fsp3) is 0.368. The second-order valence-corrected chi connectivity index (χ2v) is 4.65. The first-order valence-corrected chi connectivity index (χ1v) is 8.11.